The van der Waals surface area contributed by atoms with Crippen molar-refractivity contribution in [3.05, 3.63) is 29.6 Å². The number of methoxy groups -OCH3 is 1. The molecule has 0 bridgehead atoms. The third kappa shape index (κ3) is 4.18. The summed E-state index contributed by atoms with van der Waals surface area (Å²) in [5.41, 5.74) is 0.844. The third-order valence-corrected chi connectivity index (χ3v) is 5.39. The molecule has 5 nitrogen and oxygen atoms in total. The predicted molar refractivity (Wildman–Crippen MR) is 83.8 cm³/mol. The standard InChI is InChI=1S/C15H23FN2O3S/c1-11-10-18(22(3,19)20)7-6-14(11)17-9-12-4-5-15(21-2)13(16)8-12/h4-5,8,11,14,17H,6-7,9-10H2,1-3H3/t11-,14+/m1/s1. The maximum Gasteiger partial charge on any atom is 0.211 e. The molecule has 7 heteroatoms. The Morgan fingerprint density at radius 3 is 2.73 bits per heavy atom. The zero-order valence-electron chi connectivity index (χ0n) is 13.2. The Hall–Kier alpha value is -1.18. The third-order valence-electron chi connectivity index (χ3n) is 4.12. The maximum absolute atomic E-state index is 13.6. The van der Waals surface area contributed by atoms with Crippen LogP contribution in [0.5, 0.6) is 5.75 Å². The molecule has 1 fully saturated rings. The molecule has 1 saturated heterocycles. The molecule has 1 heterocycles. The van der Waals surface area contributed by atoms with Crippen LogP contribution in [0.3, 0.4) is 0 Å². The number of rotatable bonds is 5. The van der Waals surface area contributed by atoms with Crippen molar-refractivity contribution in [1.29, 1.82) is 0 Å². The normalized spacial score (nSPS) is 23.5. The maximum atomic E-state index is 13.6. The highest BCUT2D eigenvalue weighted by molar-refractivity contribution is 7.88. The fourth-order valence-electron chi connectivity index (χ4n) is 2.78. The number of ether oxygens (including phenoxy) is 1. The Balaban J connectivity index is 1.91. The summed E-state index contributed by atoms with van der Waals surface area (Å²) >= 11 is 0. The van der Waals surface area contributed by atoms with Crippen molar-refractivity contribution in [2.75, 3.05) is 26.5 Å². The van der Waals surface area contributed by atoms with Gasteiger partial charge in [0.1, 0.15) is 0 Å². The molecule has 0 aliphatic carbocycles. The second-order valence-electron chi connectivity index (χ2n) is 5.84. The molecule has 1 aliphatic heterocycles. The van der Waals surface area contributed by atoms with Crippen LogP contribution < -0.4 is 10.1 Å². The minimum Gasteiger partial charge on any atom is -0.494 e. The highest BCUT2D eigenvalue weighted by Gasteiger charge is 2.29. The van der Waals surface area contributed by atoms with Gasteiger partial charge in [0.05, 0.1) is 13.4 Å². The Bertz CT molecular complexity index is 621. The first-order chi connectivity index (χ1) is 10.3. The van der Waals surface area contributed by atoms with Crippen LogP contribution in [-0.2, 0) is 16.6 Å². The van der Waals surface area contributed by atoms with Gasteiger partial charge in [0.25, 0.3) is 0 Å². The first kappa shape index (κ1) is 17.2. The van der Waals surface area contributed by atoms with Crippen molar-refractivity contribution in [3.63, 3.8) is 0 Å². The van der Waals surface area contributed by atoms with Gasteiger partial charge >= 0.3 is 0 Å². The number of halogens is 1. The summed E-state index contributed by atoms with van der Waals surface area (Å²) in [5, 5.41) is 3.40. The first-order valence-electron chi connectivity index (χ1n) is 7.32. The average molecular weight is 330 g/mol. The van der Waals surface area contributed by atoms with E-state index in [1.807, 2.05) is 13.0 Å². The van der Waals surface area contributed by atoms with Crippen LogP contribution in [0.4, 0.5) is 4.39 Å². The van der Waals surface area contributed by atoms with E-state index >= 15 is 0 Å². The smallest absolute Gasteiger partial charge is 0.211 e. The predicted octanol–water partition coefficient (Wildman–Crippen LogP) is 1.59. The van der Waals surface area contributed by atoms with E-state index in [4.69, 9.17) is 4.74 Å². The van der Waals surface area contributed by atoms with Gasteiger partial charge in [-0.3, -0.25) is 0 Å². The molecule has 0 aromatic heterocycles. The summed E-state index contributed by atoms with van der Waals surface area (Å²) < 4.78 is 43.2. The molecule has 1 aromatic carbocycles. The van der Waals surface area contributed by atoms with Crippen molar-refractivity contribution in [1.82, 2.24) is 9.62 Å². The van der Waals surface area contributed by atoms with E-state index in [0.717, 1.165) is 12.0 Å². The molecule has 1 N–H and O–H groups in total. The van der Waals surface area contributed by atoms with Gasteiger partial charge in [-0.25, -0.2) is 17.1 Å². The molecule has 22 heavy (non-hydrogen) atoms. The van der Waals surface area contributed by atoms with Crippen LogP contribution in [0, 0.1) is 11.7 Å². The zero-order chi connectivity index (χ0) is 16.3. The van der Waals surface area contributed by atoms with Gasteiger partial charge in [0.15, 0.2) is 11.6 Å². The molecule has 0 radical (unpaired) electrons. The lowest BCUT2D eigenvalue weighted by atomic mass is 9.95. The number of piperidine rings is 1. The first-order valence-corrected chi connectivity index (χ1v) is 9.17. The monoisotopic (exact) mass is 330 g/mol. The summed E-state index contributed by atoms with van der Waals surface area (Å²) in [6, 6.07) is 5.12. The molecular formula is C15H23FN2O3S. The van der Waals surface area contributed by atoms with Crippen molar-refractivity contribution >= 4 is 10.0 Å². The number of nitrogens with one attached hydrogen (secondary N) is 1. The molecule has 0 saturated carbocycles. The van der Waals surface area contributed by atoms with Crippen LogP contribution in [0.25, 0.3) is 0 Å². The Kier molecular flexibility index (Phi) is 5.41. The van der Waals surface area contributed by atoms with Gasteiger partial charge in [-0.15, -0.1) is 0 Å². The average Bonchev–Trinajstić information content (AvgIpc) is 2.45. The number of hydrogen-bond acceptors (Lipinski definition) is 4. The molecule has 1 aliphatic rings. The number of sulfonamides is 1. The lowest BCUT2D eigenvalue weighted by Gasteiger charge is -2.36. The van der Waals surface area contributed by atoms with E-state index in [1.54, 1.807) is 6.07 Å². The molecular weight excluding hydrogens is 307 g/mol. The molecule has 0 spiro atoms. The summed E-state index contributed by atoms with van der Waals surface area (Å²) in [6.45, 7) is 3.63. The topological polar surface area (TPSA) is 58.6 Å². The quantitative estimate of drug-likeness (QED) is 0.891. The largest absolute Gasteiger partial charge is 0.494 e. The van der Waals surface area contributed by atoms with Crippen LogP contribution in [-0.4, -0.2) is 45.2 Å². The minimum absolute atomic E-state index is 0.214. The summed E-state index contributed by atoms with van der Waals surface area (Å²) in [7, 11) is -1.68. The molecule has 2 atom stereocenters. The fraction of sp³-hybridized carbons (Fsp3) is 0.600. The molecule has 1 aromatic rings. The van der Waals surface area contributed by atoms with Gasteiger partial charge in [0.2, 0.25) is 10.0 Å². The Morgan fingerprint density at radius 1 is 1.45 bits per heavy atom. The van der Waals surface area contributed by atoms with E-state index in [2.05, 4.69) is 5.32 Å². The highest BCUT2D eigenvalue weighted by Crippen LogP contribution is 2.21. The molecule has 0 unspecified atom stereocenters. The summed E-state index contributed by atoms with van der Waals surface area (Å²) in [6.07, 6.45) is 2.00. The Labute approximate surface area is 131 Å². The van der Waals surface area contributed by atoms with Gasteiger partial charge in [0, 0.05) is 25.7 Å². The van der Waals surface area contributed by atoms with Gasteiger partial charge < -0.3 is 10.1 Å². The van der Waals surface area contributed by atoms with Gasteiger partial charge in [-0.2, -0.15) is 0 Å². The van der Waals surface area contributed by atoms with E-state index in [9.17, 15) is 12.8 Å². The van der Waals surface area contributed by atoms with E-state index in [-0.39, 0.29) is 23.5 Å². The lowest BCUT2D eigenvalue weighted by molar-refractivity contribution is 0.220. The Morgan fingerprint density at radius 2 is 2.18 bits per heavy atom. The zero-order valence-corrected chi connectivity index (χ0v) is 14.0. The fourth-order valence-corrected chi connectivity index (χ4v) is 3.72. The van der Waals surface area contributed by atoms with E-state index in [0.29, 0.717) is 19.6 Å². The van der Waals surface area contributed by atoms with Crippen LogP contribution in [0.1, 0.15) is 18.9 Å². The highest BCUT2D eigenvalue weighted by atomic mass is 32.2. The molecule has 124 valence electrons. The second-order valence-corrected chi connectivity index (χ2v) is 7.83. The van der Waals surface area contributed by atoms with E-state index < -0.39 is 10.0 Å². The molecule has 0 amide bonds. The minimum atomic E-state index is -3.12. The molecule has 2 rings (SSSR count). The van der Waals surface area contributed by atoms with Gasteiger partial charge in [-0.05, 0) is 30.0 Å². The SMILES string of the molecule is COc1ccc(CN[C@H]2CCN(S(C)(=O)=O)C[C@H]2C)cc1F. The summed E-state index contributed by atoms with van der Waals surface area (Å²) in [4.78, 5) is 0. The van der Waals surface area contributed by atoms with Crippen LogP contribution in [0.2, 0.25) is 0 Å². The lowest BCUT2D eigenvalue weighted by Crippen LogP contribution is -2.49. The van der Waals surface area contributed by atoms with Gasteiger partial charge in [-0.1, -0.05) is 13.0 Å². The van der Waals surface area contributed by atoms with Crippen molar-refractivity contribution in [3.8, 4) is 5.75 Å². The van der Waals surface area contributed by atoms with Crippen molar-refractivity contribution < 1.29 is 17.5 Å². The summed E-state index contributed by atoms with van der Waals surface area (Å²) in [5.74, 6) is 0.0758. The number of benzene rings is 1. The van der Waals surface area contributed by atoms with E-state index in [1.165, 1.54) is 23.7 Å². The van der Waals surface area contributed by atoms with Crippen LogP contribution >= 0.6 is 0 Å². The number of nitrogens with zero attached hydrogens (tertiary/aromatic N) is 1. The number of hydrogen-bond donors (Lipinski definition) is 1. The van der Waals surface area contributed by atoms with Crippen LogP contribution in [0.15, 0.2) is 18.2 Å². The van der Waals surface area contributed by atoms with Crippen molar-refractivity contribution in [2.24, 2.45) is 5.92 Å². The second kappa shape index (κ2) is 6.93. The van der Waals surface area contributed by atoms with Crippen molar-refractivity contribution in [2.45, 2.75) is 25.9 Å².